The van der Waals surface area contributed by atoms with Crippen LogP contribution in [0.25, 0.3) is 0 Å². The summed E-state index contributed by atoms with van der Waals surface area (Å²) in [5.74, 6) is 0.0523. The van der Waals surface area contributed by atoms with Gasteiger partial charge in [-0.1, -0.05) is 0 Å². The van der Waals surface area contributed by atoms with Crippen molar-refractivity contribution in [3.63, 3.8) is 0 Å². The van der Waals surface area contributed by atoms with Crippen LogP contribution in [0.5, 0.6) is 5.88 Å². The van der Waals surface area contributed by atoms with Gasteiger partial charge in [0.2, 0.25) is 0 Å². The molecule has 3 heterocycles. The molecule has 1 amide bonds. The van der Waals surface area contributed by atoms with E-state index in [1.54, 1.807) is 4.90 Å². The zero-order valence-corrected chi connectivity index (χ0v) is 10.6. The van der Waals surface area contributed by atoms with Crippen LogP contribution >= 0.6 is 0 Å². The Morgan fingerprint density at radius 3 is 2.95 bits per heavy atom. The summed E-state index contributed by atoms with van der Waals surface area (Å²) < 4.78 is 0. The van der Waals surface area contributed by atoms with Gasteiger partial charge >= 0.3 is 0 Å². The third kappa shape index (κ3) is 2.35. The minimum Gasteiger partial charge on any atom is -0.494 e. The van der Waals surface area contributed by atoms with Gasteiger partial charge in [-0.2, -0.15) is 0 Å². The Kier molecular flexibility index (Phi) is 3.02. The normalized spacial score (nSPS) is 26.2. The van der Waals surface area contributed by atoms with Gasteiger partial charge in [0.1, 0.15) is 0 Å². The number of carbonyl (C=O) groups excluding carboxylic acids is 1. The number of nitrogens with one attached hydrogen (secondary N) is 2. The molecular weight excluding hydrogens is 246 g/mol. The van der Waals surface area contributed by atoms with Crippen LogP contribution in [-0.2, 0) is 0 Å². The summed E-state index contributed by atoms with van der Waals surface area (Å²) >= 11 is 0. The van der Waals surface area contributed by atoms with Crippen LogP contribution in [-0.4, -0.2) is 46.6 Å². The molecule has 102 valence electrons. The summed E-state index contributed by atoms with van der Waals surface area (Å²) in [5, 5.41) is 12.8. The Balaban J connectivity index is 1.79. The predicted octanol–water partition coefficient (Wildman–Crippen LogP) is -0.0955. The van der Waals surface area contributed by atoms with E-state index in [4.69, 9.17) is 0 Å². The number of pyridine rings is 1. The number of H-pyrrole nitrogens is 1. The van der Waals surface area contributed by atoms with E-state index >= 15 is 0 Å². The van der Waals surface area contributed by atoms with E-state index in [2.05, 4.69) is 10.3 Å². The summed E-state index contributed by atoms with van der Waals surface area (Å²) in [5.41, 5.74) is -0.210. The lowest BCUT2D eigenvalue weighted by Gasteiger charge is -2.24. The van der Waals surface area contributed by atoms with Crippen molar-refractivity contribution in [2.24, 2.45) is 5.92 Å². The van der Waals surface area contributed by atoms with Crippen LogP contribution < -0.4 is 10.9 Å². The fourth-order valence-corrected chi connectivity index (χ4v) is 3.05. The highest BCUT2D eigenvalue weighted by Crippen LogP contribution is 2.26. The van der Waals surface area contributed by atoms with Gasteiger partial charge in [0.15, 0.2) is 5.88 Å². The molecule has 0 spiro atoms. The lowest BCUT2D eigenvalue weighted by molar-refractivity contribution is 0.0785. The number of amides is 1. The number of rotatable bonds is 1. The SMILES string of the molecule is O=C(c1cc(O)[nH]c(=O)c1)N1CC2CCCNC2C1. The molecule has 0 bridgehead atoms. The van der Waals surface area contributed by atoms with E-state index in [9.17, 15) is 14.7 Å². The van der Waals surface area contributed by atoms with Gasteiger partial charge < -0.3 is 15.3 Å². The first kappa shape index (κ1) is 12.2. The molecule has 3 N–H and O–H groups in total. The smallest absolute Gasteiger partial charge is 0.254 e. The summed E-state index contributed by atoms with van der Waals surface area (Å²) in [6.45, 7) is 2.41. The molecule has 0 saturated carbocycles. The molecule has 3 rings (SSSR count). The second-order valence-electron chi connectivity index (χ2n) is 5.29. The lowest BCUT2D eigenvalue weighted by atomic mass is 9.94. The molecule has 0 aromatic carbocycles. The third-order valence-electron chi connectivity index (χ3n) is 3.96. The number of aromatic hydroxyl groups is 1. The fourth-order valence-electron chi connectivity index (χ4n) is 3.05. The molecule has 2 saturated heterocycles. The fraction of sp³-hybridized carbons (Fsp3) is 0.538. The van der Waals surface area contributed by atoms with Gasteiger partial charge in [0.05, 0.1) is 5.56 Å². The highest BCUT2D eigenvalue weighted by molar-refractivity contribution is 5.94. The Labute approximate surface area is 110 Å². The van der Waals surface area contributed by atoms with Crippen molar-refractivity contribution in [2.45, 2.75) is 18.9 Å². The summed E-state index contributed by atoms with van der Waals surface area (Å²) in [4.78, 5) is 27.6. The van der Waals surface area contributed by atoms with Gasteiger partial charge in [-0.05, 0) is 25.3 Å². The Bertz CT molecular complexity index is 540. The van der Waals surface area contributed by atoms with Gasteiger partial charge in [-0.15, -0.1) is 0 Å². The molecule has 2 unspecified atom stereocenters. The van der Waals surface area contributed by atoms with Gasteiger partial charge in [0.25, 0.3) is 11.5 Å². The first-order valence-corrected chi connectivity index (χ1v) is 6.59. The zero-order valence-electron chi connectivity index (χ0n) is 10.6. The second-order valence-corrected chi connectivity index (χ2v) is 5.29. The molecule has 19 heavy (non-hydrogen) atoms. The van der Waals surface area contributed by atoms with Crippen molar-refractivity contribution in [3.8, 4) is 5.88 Å². The van der Waals surface area contributed by atoms with E-state index < -0.39 is 5.56 Å². The second kappa shape index (κ2) is 4.70. The highest BCUT2D eigenvalue weighted by Gasteiger charge is 2.36. The predicted molar refractivity (Wildman–Crippen MR) is 69.1 cm³/mol. The number of likely N-dealkylation sites (tertiary alicyclic amines) is 1. The molecule has 1 aromatic rings. The van der Waals surface area contributed by atoms with Crippen LogP contribution in [0.1, 0.15) is 23.2 Å². The van der Waals surface area contributed by atoms with Crippen molar-refractivity contribution in [2.75, 3.05) is 19.6 Å². The molecule has 0 aliphatic carbocycles. The molecule has 6 nitrogen and oxygen atoms in total. The third-order valence-corrected chi connectivity index (χ3v) is 3.96. The Hall–Kier alpha value is -1.82. The van der Waals surface area contributed by atoms with Crippen LogP contribution in [0, 0.1) is 5.92 Å². The standard InChI is InChI=1S/C13H17N3O3/c17-11-4-9(5-12(18)15-11)13(19)16-6-8-2-1-3-14-10(8)7-16/h4-5,8,10,14H,1-3,6-7H2,(H2,15,17,18). The van der Waals surface area contributed by atoms with Crippen LogP contribution in [0.2, 0.25) is 0 Å². The van der Waals surface area contributed by atoms with E-state index in [-0.39, 0.29) is 17.4 Å². The van der Waals surface area contributed by atoms with Crippen LogP contribution in [0.15, 0.2) is 16.9 Å². The van der Waals surface area contributed by atoms with Crippen molar-refractivity contribution in [3.05, 3.63) is 28.0 Å². The van der Waals surface area contributed by atoms with Crippen molar-refractivity contribution < 1.29 is 9.90 Å². The summed E-state index contributed by atoms with van der Waals surface area (Å²) in [6, 6.07) is 2.91. The molecule has 2 aliphatic heterocycles. The lowest BCUT2D eigenvalue weighted by Crippen LogP contribution is -2.41. The quantitative estimate of drug-likeness (QED) is 0.660. The van der Waals surface area contributed by atoms with Crippen molar-refractivity contribution in [1.82, 2.24) is 15.2 Å². The number of piperidine rings is 1. The van der Waals surface area contributed by atoms with Crippen LogP contribution in [0.4, 0.5) is 0 Å². The maximum Gasteiger partial charge on any atom is 0.254 e. The molecular formula is C13H17N3O3. The van der Waals surface area contributed by atoms with E-state index in [1.807, 2.05) is 0 Å². The van der Waals surface area contributed by atoms with Gasteiger partial charge in [-0.25, -0.2) is 0 Å². The maximum atomic E-state index is 12.3. The van der Waals surface area contributed by atoms with E-state index in [0.717, 1.165) is 25.9 Å². The monoisotopic (exact) mass is 263 g/mol. The van der Waals surface area contributed by atoms with Crippen molar-refractivity contribution >= 4 is 5.91 Å². The molecule has 2 atom stereocenters. The molecule has 6 heteroatoms. The number of hydrogen-bond acceptors (Lipinski definition) is 4. The zero-order chi connectivity index (χ0) is 13.4. The van der Waals surface area contributed by atoms with Gasteiger partial charge in [-0.3, -0.25) is 14.6 Å². The average Bonchev–Trinajstić information content (AvgIpc) is 2.80. The number of nitrogens with zero attached hydrogens (tertiary/aromatic N) is 1. The molecule has 0 radical (unpaired) electrons. The number of aromatic nitrogens is 1. The number of hydrogen-bond donors (Lipinski definition) is 3. The topological polar surface area (TPSA) is 85.4 Å². The molecule has 1 aromatic heterocycles. The summed E-state index contributed by atoms with van der Waals surface area (Å²) in [7, 11) is 0. The molecule has 2 aliphatic rings. The minimum atomic E-state index is -0.460. The minimum absolute atomic E-state index is 0.183. The number of aromatic amines is 1. The first-order valence-electron chi connectivity index (χ1n) is 6.59. The van der Waals surface area contributed by atoms with E-state index in [1.165, 1.54) is 12.1 Å². The first-order chi connectivity index (χ1) is 9.13. The van der Waals surface area contributed by atoms with Gasteiger partial charge in [0, 0.05) is 31.3 Å². The highest BCUT2D eigenvalue weighted by atomic mass is 16.3. The number of carbonyl (C=O) groups is 1. The number of fused-ring (bicyclic) bond motifs is 1. The Morgan fingerprint density at radius 1 is 1.37 bits per heavy atom. The largest absolute Gasteiger partial charge is 0.494 e. The Morgan fingerprint density at radius 2 is 2.21 bits per heavy atom. The van der Waals surface area contributed by atoms with E-state index in [0.29, 0.717) is 18.5 Å². The average molecular weight is 263 g/mol. The van der Waals surface area contributed by atoms with Crippen LogP contribution in [0.3, 0.4) is 0 Å². The summed E-state index contributed by atoms with van der Waals surface area (Å²) in [6.07, 6.45) is 2.29. The maximum absolute atomic E-state index is 12.3. The molecule has 2 fully saturated rings. The van der Waals surface area contributed by atoms with Crippen molar-refractivity contribution in [1.29, 1.82) is 0 Å².